The van der Waals surface area contributed by atoms with Crippen LogP contribution in [0.25, 0.3) is 0 Å². The first-order chi connectivity index (χ1) is 12.5. The van der Waals surface area contributed by atoms with Gasteiger partial charge in [0.1, 0.15) is 5.72 Å². The summed E-state index contributed by atoms with van der Waals surface area (Å²) in [6, 6.07) is 14.3. The smallest absolute Gasteiger partial charge is 0.142 e. The van der Waals surface area contributed by atoms with Gasteiger partial charge in [0, 0.05) is 54.8 Å². The summed E-state index contributed by atoms with van der Waals surface area (Å²) in [4.78, 5) is 0. The summed E-state index contributed by atoms with van der Waals surface area (Å²) in [5, 5.41) is 36.4. The number of aliphatic hydroxyl groups excluding tert-OH is 2. The van der Waals surface area contributed by atoms with Crippen LogP contribution in [0.4, 0.5) is 22.7 Å². The van der Waals surface area contributed by atoms with Crippen LogP contribution in [-0.4, -0.2) is 40.8 Å². The Labute approximate surface area is 153 Å². The Bertz CT molecular complexity index is 663. The van der Waals surface area contributed by atoms with Crippen molar-refractivity contribution in [3.05, 3.63) is 48.5 Å². The normalized spacial score (nSPS) is 14.4. The lowest BCUT2D eigenvalue weighted by Gasteiger charge is -2.37. The van der Waals surface area contributed by atoms with E-state index in [1.165, 1.54) is 0 Å². The molecule has 0 aliphatic rings. The van der Waals surface area contributed by atoms with Gasteiger partial charge in [0.05, 0.1) is 0 Å². The number of hydrogen-bond donors (Lipinski definition) is 7. The zero-order valence-corrected chi connectivity index (χ0v) is 14.7. The van der Waals surface area contributed by atoms with Crippen molar-refractivity contribution in [2.24, 2.45) is 5.92 Å². The molecule has 2 aromatic rings. The van der Waals surface area contributed by atoms with E-state index in [0.717, 1.165) is 5.69 Å². The molecule has 9 N–H and O–H groups in total. The van der Waals surface area contributed by atoms with Gasteiger partial charge >= 0.3 is 0 Å². The van der Waals surface area contributed by atoms with E-state index in [4.69, 9.17) is 11.5 Å². The summed E-state index contributed by atoms with van der Waals surface area (Å²) in [6.45, 7) is 0.135. The van der Waals surface area contributed by atoms with Gasteiger partial charge < -0.3 is 37.4 Å². The molecule has 0 fully saturated rings. The van der Waals surface area contributed by atoms with Gasteiger partial charge in [-0.25, -0.2) is 0 Å². The van der Waals surface area contributed by atoms with Crippen LogP contribution in [0.3, 0.4) is 0 Å². The largest absolute Gasteiger partial charge is 0.399 e. The number of nitrogen functional groups attached to an aromatic ring is 2. The molecule has 142 valence electrons. The fourth-order valence-electron chi connectivity index (χ4n) is 2.86. The molecule has 0 saturated carbocycles. The molecule has 2 aromatic carbocycles. The molecule has 0 spiro atoms. The van der Waals surface area contributed by atoms with Gasteiger partial charge in [0.25, 0.3) is 0 Å². The Kier molecular flexibility index (Phi) is 7.08. The molecular formula is C19H28N4O3. The molecule has 7 heteroatoms. The fourth-order valence-corrected chi connectivity index (χ4v) is 2.86. The molecule has 0 radical (unpaired) electrons. The quantitative estimate of drug-likeness (QED) is 0.251. The molecule has 2 rings (SSSR count). The first kappa shape index (κ1) is 19.8. The molecule has 2 atom stereocenters. The number of hydrogen-bond acceptors (Lipinski definition) is 7. The summed E-state index contributed by atoms with van der Waals surface area (Å²) < 4.78 is 0. The zero-order chi connectivity index (χ0) is 19.0. The van der Waals surface area contributed by atoms with Gasteiger partial charge in [0.2, 0.25) is 0 Å². The van der Waals surface area contributed by atoms with Gasteiger partial charge in [0.15, 0.2) is 0 Å². The second-order valence-corrected chi connectivity index (χ2v) is 6.36. The summed E-state index contributed by atoms with van der Waals surface area (Å²) in [5.41, 5.74) is 12.8. The van der Waals surface area contributed by atoms with Gasteiger partial charge in [-0.2, -0.15) is 0 Å². The molecule has 0 heterocycles. The lowest BCUT2D eigenvalue weighted by molar-refractivity contribution is -0.0158. The number of anilines is 4. The average molecular weight is 360 g/mol. The van der Waals surface area contributed by atoms with Crippen molar-refractivity contribution in [1.29, 1.82) is 0 Å². The number of nitrogens with two attached hydrogens (primary N) is 2. The molecule has 0 aliphatic heterocycles. The van der Waals surface area contributed by atoms with Crippen LogP contribution in [0.15, 0.2) is 48.5 Å². The Morgan fingerprint density at radius 1 is 0.846 bits per heavy atom. The number of rotatable bonds is 10. The maximum Gasteiger partial charge on any atom is 0.142 e. The maximum absolute atomic E-state index is 11.2. The van der Waals surface area contributed by atoms with Crippen molar-refractivity contribution in [1.82, 2.24) is 0 Å². The Hall–Kier alpha value is -2.48. The molecule has 7 nitrogen and oxygen atoms in total. The monoisotopic (exact) mass is 360 g/mol. The highest BCUT2D eigenvalue weighted by Crippen LogP contribution is 2.28. The molecule has 0 amide bonds. The molecule has 26 heavy (non-hydrogen) atoms. The van der Waals surface area contributed by atoms with E-state index in [1.54, 1.807) is 36.4 Å². The second-order valence-electron chi connectivity index (χ2n) is 6.36. The third-order valence-corrected chi connectivity index (χ3v) is 4.38. The van der Waals surface area contributed by atoms with E-state index >= 15 is 0 Å². The number of nitrogens with one attached hydrogen (secondary N) is 2. The lowest BCUT2D eigenvalue weighted by atomic mass is 9.89. The van der Waals surface area contributed by atoms with Crippen LogP contribution < -0.4 is 22.1 Å². The summed E-state index contributed by atoms with van der Waals surface area (Å²) in [5.74, 6) is -0.352. The second kappa shape index (κ2) is 9.28. The van der Waals surface area contributed by atoms with Crippen molar-refractivity contribution in [3.8, 4) is 0 Å². The van der Waals surface area contributed by atoms with Crippen LogP contribution in [0, 0.1) is 5.92 Å². The minimum atomic E-state index is -1.39. The predicted molar refractivity (Wildman–Crippen MR) is 106 cm³/mol. The van der Waals surface area contributed by atoms with E-state index in [-0.39, 0.29) is 25.6 Å². The summed E-state index contributed by atoms with van der Waals surface area (Å²) in [7, 11) is 0. The van der Waals surface area contributed by atoms with Gasteiger partial charge in [-0.05, 0) is 55.0 Å². The van der Waals surface area contributed by atoms with Crippen molar-refractivity contribution >= 4 is 22.7 Å². The van der Waals surface area contributed by atoms with Crippen LogP contribution in [0.1, 0.15) is 12.8 Å². The molecule has 0 saturated heterocycles. The lowest BCUT2D eigenvalue weighted by Crippen LogP contribution is -2.49. The van der Waals surface area contributed by atoms with E-state index < -0.39 is 5.72 Å². The van der Waals surface area contributed by atoms with Crippen molar-refractivity contribution < 1.29 is 15.3 Å². The molecule has 0 bridgehead atoms. The number of benzene rings is 2. The Balaban J connectivity index is 2.14. The van der Waals surface area contributed by atoms with Crippen LogP contribution in [0.2, 0.25) is 0 Å². The average Bonchev–Trinajstić information content (AvgIpc) is 2.62. The SMILES string of the molecule is Nc1ccc(NCC(CCO)C(O)(CCO)Nc2ccc(N)cc2)cc1. The Morgan fingerprint density at radius 2 is 1.38 bits per heavy atom. The highest BCUT2D eigenvalue weighted by atomic mass is 16.3. The van der Waals surface area contributed by atoms with Crippen molar-refractivity contribution in [2.75, 3.05) is 41.9 Å². The van der Waals surface area contributed by atoms with Crippen molar-refractivity contribution in [3.63, 3.8) is 0 Å². The van der Waals surface area contributed by atoms with Gasteiger partial charge in [-0.15, -0.1) is 0 Å². The number of aliphatic hydroxyl groups is 3. The van der Waals surface area contributed by atoms with Crippen molar-refractivity contribution in [2.45, 2.75) is 18.6 Å². The third-order valence-electron chi connectivity index (χ3n) is 4.38. The minimum Gasteiger partial charge on any atom is -0.399 e. The minimum absolute atomic E-state index is 0.0781. The summed E-state index contributed by atoms with van der Waals surface area (Å²) in [6.07, 6.45) is 0.478. The van der Waals surface area contributed by atoms with Crippen LogP contribution >= 0.6 is 0 Å². The van der Waals surface area contributed by atoms with E-state index in [1.807, 2.05) is 12.1 Å². The van der Waals surface area contributed by atoms with Crippen LogP contribution in [0.5, 0.6) is 0 Å². The predicted octanol–water partition coefficient (Wildman–Crippen LogP) is 1.44. The zero-order valence-electron chi connectivity index (χ0n) is 14.7. The molecular weight excluding hydrogens is 332 g/mol. The standard InChI is InChI=1S/C19H28N4O3/c20-15-1-5-17(6-2-15)22-13-14(9-11-24)19(26,10-12-25)23-18-7-3-16(21)4-8-18/h1-8,14,22-26H,9-13,20-21H2. The molecule has 2 unspecified atom stereocenters. The Morgan fingerprint density at radius 3 is 1.88 bits per heavy atom. The highest BCUT2D eigenvalue weighted by molar-refractivity contribution is 5.53. The van der Waals surface area contributed by atoms with E-state index in [9.17, 15) is 15.3 Å². The van der Waals surface area contributed by atoms with E-state index in [2.05, 4.69) is 10.6 Å². The molecule has 0 aromatic heterocycles. The highest BCUT2D eigenvalue weighted by Gasteiger charge is 2.35. The molecule has 0 aliphatic carbocycles. The topological polar surface area (TPSA) is 137 Å². The fraction of sp³-hybridized carbons (Fsp3) is 0.368. The third kappa shape index (κ3) is 5.52. The van der Waals surface area contributed by atoms with E-state index in [0.29, 0.717) is 30.0 Å². The summed E-state index contributed by atoms with van der Waals surface area (Å²) >= 11 is 0. The van der Waals surface area contributed by atoms with Gasteiger partial charge in [-0.3, -0.25) is 0 Å². The first-order valence-electron chi connectivity index (χ1n) is 8.64. The van der Waals surface area contributed by atoms with Crippen LogP contribution in [-0.2, 0) is 0 Å². The maximum atomic E-state index is 11.2. The first-order valence-corrected chi connectivity index (χ1v) is 8.64. The van der Waals surface area contributed by atoms with Gasteiger partial charge in [-0.1, -0.05) is 0 Å².